The Morgan fingerprint density at radius 3 is 1.91 bits per heavy atom. The number of aliphatic hydroxyl groups excluding tert-OH is 8. The highest BCUT2D eigenvalue weighted by molar-refractivity contribution is 5.21. The van der Waals surface area contributed by atoms with Crippen LogP contribution in [0, 0.1) is 45.3 Å². The molecule has 6 fully saturated rings. The number of hydrogen-bond donors (Lipinski definition) is 10. The van der Waals surface area contributed by atoms with Gasteiger partial charge in [0.2, 0.25) is 0 Å². The molecule has 0 spiro atoms. The molecule has 2 aliphatic heterocycles. The third-order valence-corrected chi connectivity index (χ3v) is 16.7. The molecule has 57 heavy (non-hydrogen) atoms. The molecule has 6 rings (SSSR count). The molecule has 2 saturated heterocycles. The van der Waals surface area contributed by atoms with Crippen LogP contribution in [0.4, 0.5) is 0 Å². The zero-order valence-corrected chi connectivity index (χ0v) is 35.0. The highest BCUT2D eigenvalue weighted by atomic mass is 17.1. The van der Waals surface area contributed by atoms with Gasteiger partial charge in [-0.15, -0.1) is 0 Å². The van der Waals surface area contributed by atoms with Crippen LogP contribution < -0.4 is 0 Å². The van der Waals surface area contributed by atoms with Crippen molar-refractivity contribution in [1.29, 1.82) is 0 Å². The van der Waals surface area contributed by atoms with Crippen LogP contribution in [0.1, 0.15) is 107 Å². The van der Waals surface area contributed by atoms with Crippen molar-refractivity contribution in [1.82, 2.24) is 0 Å². The highest BCUT2D eigenvalue weighted by Crippen LogP contribution is 2.76. The van der Waals surface area contributed by atoms with Crippen molar-refractivity contribution in [2.45, 2.75) is 192 Å². The summed E-state index contributed by atoms with van der Waals surface area (Å²) in [6.45, 7) is 15.5. The van der Waals surface area contributed by atoms with E-state index in [0.29, 0.717) is 19.3 Å². The van der Waals surface area contributed by atoms with Crippen LogP contribution in [0.2, 0.25) is 0 Å². The largest absolute Gasteiger partial charge is 0.394 e. The van der Waals surface area contributed by atoms with Crippen LogP contribution in [0.25, 0.3) is 0 Å². The van der Waals surface area contributed by atoms with Crippen molar-refractivity contribution >= 4 is 0 Å². The Labute approximate surface area is 336 Å². The molecule has 4 aliphatic carbocycles. The number of ether oxygens (including phenoxy) is 4. The zero-order valence-electron chi connectivity index (χ0n) is 35.0. The lowest BCUT2D eigenvalue weighted by Crippen LogP contribution is -2.67. The molecule has 0 aromatic rings. The van der Waals surface area contributed by atoms with Crippen LogP contribution in [0.3, 0.4) is 0 Å². The van der Waals surface area contributed by atoms with Gasteiger partial charge in [-0.25, -0.2) is 4.89 Å². The lowest BCUT2D eigenvalue weighted by atomic mass is 9.35. The van der Waals surface area contributed by atoms with Crippen molar-refractivity contribution in [3.8, 4) is 0 Å². The Bertz CT molecular complexity index is 1420. The van der Waals surface area contributed by atoms with E-state index in [-0.39, 0.29) is 39.9 Å². The second-order valence-corrected chi connectivity index (χ2v) is 20.6. The topological polar surface area (TPSA) is 248 Å². The second-order valence-electron chi connectivity index (χ2n) is 20.6. The summed E-state index contributed by atoms with van der Waals surface area (Å²) in [5.41, 5.74) is -2.98. The molecule has 0 aromatic heterocycles. The first-order valence-corrected chi connectivity index (χ1v) is 21.1. The molecular formula is C42H72O15. The third kappa shape index (κ3) is 7.60. The van der Waals surface area contributed by atoms with Crippen molar-refractivity contribution in [2.24, 2.45) is 45.3 Å². The van der Waals surface area contributed by atoms with Crippen LogP contribution in [0.15, 0.2) is 12.2 Å². The summed E-state index contributed by atoms with van der Waals surface area (Å²) in [5.74, 6) is 0.0534. The minimum absolute atomic E-state index is 0.112. The van der Waals surface area contributed by atoms with Gasteiger partial charge < -0.3 is 64.9 Å². The lowest BCUT2D eigenvalue weighted by molar-refractivity contribution is -0.378. The number of aliphatic hydroxyl groups is 9. The summed E-state index contributed by atoms with van der Waals surface area (Å²) < 4.78 is 24.3. The molecule has 4 saturated carbocycles. The number of rotatable bonds is 11. The summed E-state index contributed by atoms with van der Waals surface area (Å²) in [6.07, 6.45) is -6.81. The predicted octanol–water partition coefficient (Wildman–Crippen LogP) is 1.62. The Morgan fingerprint density at radius 2 is 1.30 bits per heavy atom. The van der Waals surface area contributed by atoms with E-state index in [4.69, 9.17) is 18.9 Å². The van der Waals surface area contributed by atoms with Gasteiger partial charge in [-0.05, 0) is 117 Å². The first-order chi connectivity index (χ1) is 26.4. The molecule has 0 radical (unpaired) electrons. The standard InChI is InChI=1S/C42H72O15/c1-37(2,57-52)13-9-14-42(8,51)21-10-16-41(7)28(21)22(45)18-26-39(5)15-12-27(38(3,4)25(39)11-17-40(26,41)6)55-36-34(32(49)30(47)24(20-44)54-36)56-35-33(50)31(48)29(46)23(19-43)53-35/h9,14,21-36,43-52H,10-13,15-20H2,1-8H3/b14-9+/t21-,22+,23+,24+,25-,26+,27-,28-,29+,30+,31-,32-,33+,34+,35-,36-,39-,40+,41+,42-/m0/s1. The maximum Gasteiger partial charge on any atom is 0.187 e. The van der Waals surface area contributed by atoms with Gasteiger partial charge in [0.05, 0.1) is 31.0 Å². The zero-order chi connectivity index (χ0) is 42.3. The van der Waals surface area contributed by atoms with E-state index in [1.807, 2.05) is 19.1 Å². The van der Waals surface area contributed by atoms with Gasteiger partial charge in [0, 0.05) is 0 Å². The fraction of sp³-hybridized carbons (Fsp3) is 0.952. The molecule has 0 aromatic carbocycles. The molecule has 330 valence electrons. The highest BCUT2D eigenvalue weighted by Gasteiger charge is 2.71. The molecule has 10 N–H and O–H groups in total. The molecule has 15 nitrogen and oxygen atoms in total. The van der Waals surface area contributed by atoms with E-state index in [1.165, 1.54) is 0 Å². The minimum atomic E-state index is -1.77. The smallest absolute Gasteiger partial charge is 0.187 e. The summed E-state index contributed by atoms with van der Waals surface area (Å²) in [6, 6.07) is 0. The summed E-state index contributed by atoms with van der Waals surface area (Å²) in [4.78, 5) is 4.59. The first kappa shape index (κ1) is 45.7. The Hall–Kier alpha value is -0.860. The van der Waals surface area contributed by atoms with Crippen LogP contribution in [-0.4, -0.2) is 149 Å². The summed E-state index contributed by atoms with van der Waals surface area (Å²) >= 11 is 0. The molecule has 6 aliphatic rings. The number of hydrogen-bond acceptors (Lipinski definition) is 15. The van der Waals surface area contributed by atoms with Gasteiger partial charge >= 0.3 is 0 Å². The van der Waals surface area contributed by atoms with Crippen molar-refractivity contribution in [3.63, 3.8) is 0 Å². The fourth-order valence-electron chi connectivity index (χ4n) is 13.2. The van der Waals surface area contributed by atoms with Crippen molar-refractivity contribution < 1.29 is 75.1 Å². The van der Waals surface area contributed by atoms with E-state index in [9.17, 15) is 51.2 Å². The lowest BCUT2D eigenvalue weighted by Gasteiger charge is -2.70. The Balaban J connectivity index is 1.22. The van der Waals surface area contributed by atoms with E-state index >= 15 is 0 Å². The molecule has 2 heterocycles. The van der Waals surface area contributed by atoms with Gasteiger partial charge in [-0.3, -0.25) is 5.26 Å². The fourth-order valence-corrected chi connectivity index (χ4v) is 13.2. The van der Waals surface area contributed by atoms with E-state index in [1.54, 1.807) is 13.8 Å². The first-order valence-electron chi connectivity index (χ1n) is 21.1. The second kappa shape index (κ2) is 16.1. The van der Waals surface area contributed by atoms with Crippen LogP contribution >= 0.6 is 0 Å². The average molecular weight is 817 g/mol. The molecule has 20 atom stereocenters. The quantitative estimate of drug-likeness (QED) is 0.0616. The van der Waals surface area contributed by atoms with E-state index < -0.39 is 103 Å². The minimum Gasteiger partial charge on any atom is -0.394 e. The normalized spacial score (nSPS) is 51.2. The molecule has 0 amide bonds. The van der Waals surface area contributed by atoms with Gasteiger partial charge in [-0.2, -0.15) is 0 Å². The average Bonchev–Trinajstić information content (AvgIpc) is 3.53. The molecule has 0 bridgehead atoms. The van der Waals surface area contributed by atoms with Gasteiger partial charge in [0.1, 0.15) is 54.4 Å². The van der Waals surface area contributed by atoms with Gasteiger partial charge in [0.25, 0.3) is 0 Å². The Kier molecular flexibility index (Phi) is 12.9. The molecular weight excluding hydrogens is 744 g/mol. The SMILES string of the molecule is CC(C)(C/C=C/[C@](C)(O)[C@H]1CC[C@]2(C)[C@@H]1[C@H](O)C[C@@H]1[C@@]3(C)CC[C@H](O[C@@H]4O[C@H](CO)[C@@H](O)[C@H](O)[C@H]4O[C@@H]4O[C@H](CO)[C@@H](O)[C@H](O)[C@H]4O)C(C)(C)[C@@H]3CC[C@]12C)OO. The maximum absolute atomic E-state index is 12.2. The Morgan fingerprint density at radius 1 is 0.702 bits per heavy atom. The molecule has 0 unspecified atom stereocenters. The molecule has 15 heteroatoms. The van der Waals surface area contributed by atoms with Crippen LogP contribution in [0.5, 0.6) is 0 Å². The van der Waals surface area contributed by atoms with Gasteiger partial charge in [0.15, 0.2) is 12.6 Å². The predicted molar refractivity (Wildman–Crippen MR) is 204 cm³/mol. The van der Waals surface area contributed by atoms with E-state index in [2.05, 4.69) is 39.5 Å². The third-order valence-electron chi connectivity index (χ3n) is 16.7. The maximum atomic E-state index is 12.2. The summed E-state index contributed by atoms with van der Waals surface area (Å²) in [5, 5.41) is 107. The number of fused-ring (bicyclic) bond motifs is 5. The van der Waals surface area contributed by atoms with Gasteiger partial charge in [-0.1, -0.05) is 46.8 Å². The van der Waals surface area contributed by atoms with Crippen molar-refractivity contribution in [2.75, 3.05) is 13.2 Å². The monoisotopic (exact) mass is 816 g/mol. The van der Waals surface area contributed by atoms with E-state index in [0.717, 1.165) is 32.1 Å². The van der Waals surface area contributed by atoms with Crippen LogP contribution in [-0.2, 0) is 23.8 Å². The summed E-state index contributed by atoms with van der Waals surface area (Å²) in [7, 11) is 0. The van der Waals surface area contributed by atoms with Crippen molar-refractivity contribution in [3.05, 3.63) is 12.2 Å².